The molecule has 0 heterocycles. The molecule has 0 saturated heterocycles. The maximum Gasteiger partial charge on any atom is 0.573 e. The van der Waals surface area contributed by atoms with E-state index in [1.165, 1.54) is 6.07 Å². The van der Waals surface area contributed by atoms with Crippen LogP contribution in [0.15, 0.2) is 12.1 Å². The summed E-state index contributed by atoms with van der Waals surface area (Å²) in [6, 6.07) is 2.02. The van der Waals surface area contributed by atoms with Gasteiger partial charge >= 0.3 is 6.36 Å². The number of benzene rings is 1. The van der Waals surface area contributed by atoms with Crippen molar-refractivity contribution < 1.29 is 22.3 Å². The highest BCUT2D eigenvalue weighted by atomic mass is 79.9. The van der Waals surface area contributed by atoms with E-state index in [2.05, 4.69) is 20.7 Å². The molecule has 0 aliphatic rings. The van der Waals surface area contributed by atoms with E-state index in [4.69, 9.17) is 5.73 Å². The van der Waals surface area contributed by atoms with Gasteiger partial charge in [-0.15, -0.1) is 13.2 Å². The minimum atomic E-state index is -4.93. The SMILES string of the molecule is Nc1cc(CBr)c(F)c(OC(F)(F)F)c1. The monoisotopic (exact) mass is 287 g/mol. The van der Waals surface area contributed by atoms with E-state index in [0.717, 1.165) is 6.07 Å². The van der Waals surface area contributed by atoms with Gasteiger partial charge < -0.3 is 10.5 Å². The number of nitrogens with two attached hydrogens (primary N) is 1. The minimum absolute atomic E-state index is 0.00472. The van der Waals surface area contributed by atoms with E-state index in [0.29, 0.717) is 0 Å². The fraction of sp³-hybridized carbons (Fsp3) is 0.250. The number of rotatable bonds is 2. The number of ether oxygens (including phenoxy) is 1. The quantitative estimate of drug-likeness (QED) is 0.515. The molecular weight excluding hydrogens is 282 g/mol. The Morgan fingerprint density at radius 2 is 1.93 bits per heavy atom. The second-order valence-corrected chi connectivity index (χ2v) is 3.23. The standard InChI is InChI=1S/C8H6BrF4NO/c9-3-4-1-5(14)2-6(7(4)10)15-8(11,12)13/h1-2H,3,14H2. The van der Waals surface area contributed by atoms with Crippen molar-refractivity contribution in [3.8, 4) is 5.75 Å². The molecule has 0 bridgehead atoms. The van der Waals surface area contributed by atoms with Crippen molar-refractivity contribution in [3.63, 3.8) is 0 Å². The highest BCUT2D eigenvalue weighted by molar-refractivity contribution is 9.08. The van der Waals surface area contributed by atoms with E-state index in [-0.39, 0.29) is 16.6 Å². The lowest BCUT2D eigenvalue weighted by atomic mass is 10.2. The number of anilines is 1. The zero-order valence-electron chi connectivity index (χ0n) is 7.24. The molecular formula is C8H6BrF4NO. The van der Waals surface area contributed by atoms with Crippen molar-refractivity contribution in [2.45, 2.75) is 11.7 Å². The summed E-state index contributed by atoms with van der Waals surface area (Å²) >= 11 is 2.92. The maximum atomic E-state index is 13.3. The van der Waals surface area contributed by atoms with Crippen LogP contribution in [0, 0.1) is 5.82 Å². The molecule has 0 aliphatic carbocycles. The predicted molar refractivity (Wildman–Crippen MR) is 50.1 cm³/mol. The zero-order chi connectivity index (χ0) is 11.6. The lowest BCUT2D eigenvalue weighted by Gasteiger charge is -2.12. The minimum Gasteiger partial charge on any atom is -0.403 e. The van der Waals surface area contributed by atoms with Crippen LogP contribution in [0.4, 0.5) is 23.2 Å². The number of hydrogen-bond donors (Lipinski definition) is 1. The normalized spacial score (nSPS) is 11.5. The molecule has 0 amide bonds. The van der Waals surface area contributed by atoms with Crippen molar-refractivity contribution in [2.24, 2.45) is 0 Å². The molecule has 1 aromatic carbocycles. The first-order chi connectivity index (χ1) is 6.83. The Balaban J connectivity index is 3.12. The molecule has 2 nitrogen and oxygen atoms in total. The van der Waals surface area contributed by atoms with Crippen LogP contribution in [0.1, 0.15) is 5.56 Å². The van der Waals surface area contributed by atoms with E-state index in [1.807, 2.05) is 0 Å². The first-order valence-corrected chi connectivity index (χ1v) is 4.85. The second kappa shape index (κ2) is 4.26. The molecule has 0 spiro atoms. The van der Waals surface area contributed by atoms with E-state index < -0.39 is 17.9 Å². The van der Waals surface area contributed by atoms with Crippen LogP contribution in [0.3, 0.4) is 0 Å². The molecule has 1 aromatic rings. The van der Waals surface area contributed by atoms with Crippen LogP contribution in [0.2, 0.25) is 0 Å². The smallest absolute Gasteiger partial charge is 0.403 e. The highest BCUT2D eigenvalue weighted by Crippen LogP contribution is 2.30. The van der Waals surface area contributed by atoms with Gasteiger partial charge in [-0.3, -0.25) is 0 Å². The summed E-state index contributed by atoms with van der Waals surface area (Å²) in [5.41, 5.74) is 5.30. The Labute approximate surface area is 91.1 Å². The molecule has 1 rings (SSSR count). The van der Waals surface area contributed by atoms with Gasteiger partial charge in [-0.2, -0.15) is 0 Å². The average molecular weight is 288 g/mol. The van der Waals surface area contributed by atoms with Crippen molar-refractivity contribution in [1.29, 1.82) is 0 Å². The summed E-state index contributed by atoms with van der Waals surface area (Å²) in [4.78, 5) is 0. The van der Waals surface area contributed by atoms with Crippen LogP contribution in [-0.2, 0) is 5.33 Å². The van der Waals surface area contributed by atoms with Gasteiger partial charge in [-0.1, -0.05) is 15.9 Å². The summed E-state index contributed by atoms with van der Waals surface area (Å²) in [5, 5.41) is 0.0537. The molecule has 7 heteroatoms. The topological polar surface area (TPSA) is 35.2 Å². The molecule has 0 aliphatic heterocycles. The largest absolute Gasteiger partial charge is 0.573 e. The summed E-state index contributed by atoms with van der Waals surface area (Å²) in [6.07, 6.45) is -4.93. The Morgan fingerprint density at radius 1 is 1.33 bits per heavy atom. The third-order valence-electron chi connectivity index (χ3n) is 1.51. The van der Waals surface area contributed by atoms with Gasteiger partial charge in [0.2, 0.25) is 0 Å². The van der Waals surface area contributed by atoms with Gasteiger partial charge in [0, 0.05) is 22.6 Å². The molecule has 0 atom stereocenters. The van der Waals surface area contributed by atoms with Crippen molar-refractivity contribution >= 4 is 21.6 Å². The molecule has 15 heavy (non-hydrogen) atoms. The Kier molecular flexibility index (Phi) is 3.43. The fourth-order valence-electron chi connectivity index (χ4n) is 0.975. The van der Waals surface area contributed by atoms with Gasteiger partial charge in [-0.25, -0.2) is 4.39 Å². The lowest BCUT2D eigenvalue weighted by molar-refractivity contribution is -0.275. The predicted octanol–water partition coefficient (Wildman–Crippen LogP) is 3.20. The Bertz CT molecular complexity index is 366. The molecule has 0 unspecified atom stereocenters. The summed E-state index contributed by atoms with van der Waals surface area (Å²) < 4.78 is 52.3. The first kappa shape index (κ1) is 12.1. The van der Waals surface area contributed by atoms with Gasteiger partial charge in [0.05, 0.1) is 0 Å². The van der Waals surface area contributed by atoms with Gasteiger partial charge in [0.15, 0.2) is 11.6 Å². The molecule has 84 valence electrons. The summed E-state index contributed by atoms with van der Waals surface area (Å²) in [5.74, 6) is -1.99. The van der Waals surface area contributed by atoms with Gasteiger partial charge in [0.1, 0.15) is 0 Å². The van der Waals surface area contributed by atoms with Gasteiger partial charge in [0.25, 0.3) is 0 Å². The summed E-state index contributed by atoms with van der Waals surface area (Å²) in [7, 11) is 0. The number of halogens is 5. The Hall–Kier alpha value is -0.980. The molecule has 0 aromatic heterocycles. The number of hydrogen-bond acceptors (Lipinski definition) is 2. The van der Waals surface area contributed by atoms with Crippen LogP contribution in [0.25, 0.3) is 0 Å². The van der Waals surface area contributed by atoms with E-state index >= 15 is 0 Å². The zero-order valence-corrected chi connectivity index (χ0v) is 8.82. The molecule has 0 fully saturated rings. The second-order valence-electron chi connectivity index (χ2n) is 2.67. The highest BCUT2D eigenvalue weighted by Gasteiger charge is 2.32. The van der Waals surface area contributed by atoms with Crippen LogP contribution in [0.5, 0.6) is 5.75 Å². The number of nitrogen functional groups attached to an aromatic ring is 1. The van der Waals surface area contributed by atoms with Gasteiger partial charge in [-0.05, 0) is 6.07 Å². The lowest BCUT2D eigenvalue weighted by Crippen LogP contribution is -2.18. The fourth-order valence-corrected chi connectivity index (χ4v) is 1.38. The number of alkyl halides is 4. The first-order valence-electron chi connectivity index (χ1n) is 3.73. The van der Waals surface area contributed by atoms with Crippen molar-refractivity contribution in [2.75, 3.05) is 5.73 Å². The van der Waals surface area contributed by atoms with Crippen LogP contribution in [-0.4, -0.2) is 6.36 Å². The maximum absolute atomic E-state index is 13.3. The average Bonchev–Trinajstić information content (AvgIpc) is 2.08. The molecule has 0 saturated carbocycles. The van der Waals surface area contributed by atoms with E-state index in [1.54, 1.807) is 0 Å². The summed E-state index contributed by atoms with van der Waals surface area (Å²) in [6.45, 7) is 0. The molecule has 2 N–H and O–H groups in total. The van der Waals surface area contributed by atoms with E-state index in [9.17, 15) is 17.6 Å². The third kappa shape index (κ3) is 3.26. The van der Waals surface area contributed by atoms with Crippen LogP contribution >= 0.6 is 15.9 Å². The molecule has 0 radical (unpaired) electrons. The Morgan fingerprint density at radius 3 is 2.40 bits per heavy atom. The van der Waals surface area contributed by atoms with Crippen molar-refractivity contribution in [3.05, 3.63) is 23.5 Å². The van der Waals surface area contributed by atoms with Crippen molar-refractivity contribution in [1.82, 2.24) is 0 Å². The van der Waals surface area contributed by atoms with Crippen LogP contribution < -0.4 is 10.5 Å². The third-order valence-corrected chi connectivity index (χ3v) is 2.11.